The molecule has 1 aromatic heterocycles. The minimum absolute atomic E-state index is 0.256. The highest BCUT2D eigenvalue weighted by atomic mass is 79.9. The Kier molecular flexibility index (Phi) is 3.66. The molecule has 0 bridgehead atoms. The van der Waals surface area contributed by atoms with Gasteiger partial charge in [-0.25, -0.2) is 9.97 Å². The van der Waals surface area contributed by atoms with E-state index in [2.05, 4.69) is 38.0 Å². The molecule has 0 amide bonds. The monoisotopic (exact) mass is 298 g/mol. The van der Waals surface area contributed by atoms with Crippen LogP contribution in [0.1, 0.15) is 18.0 Å². The smallest absolute Gasteiger partial charge is 0.218 e. The highest BCUT2D eigenvalue weighted by molar-refractivity contribution is 9.11. The lowest BCUT2D eigenvalue weighted by molar-refractivity contribution is 0.675. The van der Waals surface area contributed by atoms with Crippen LogP contribution in [-0.2, 0) is 10.8 Å². The molecule has 0 fully saturated rings. The third-order valence-corrected chi connectivity index (χ3v) is 3.65. The van der Waals surface area contributed by atoms with E-state index in [9.17, 15) is 4.21 Å². The fourth-order valence-electron chi connectivity index (χ4n) is 1.51. The highest BCUT2D eigenvalue weighted by Gasteiger charge is 2.13. The van der Waals surface area contributed by atoms with Crippen LogP contribution in [0.4, 0.5) is 0 Å². The predicted octanol–water partition coefficient (Wildman–Crippen LogP) is 2.54. The molecular weight excluding hydrogens is 288 g/mol. The SMILES string of the molecule is CS(=O)c1nccc(C2C=CC(Br)=CC2)n1. The zero-order valence-corrected chi connectivity index (χ0v) is 11.2. The van der Waals surface area contributed by atoms with E-state index < -0.39 is 10.8 Å². The molecule has 2 unspecified atom stereocenters. The Balaban J connectivity index is 2.25. The van der Waals surface area contributed by atoms with Gasteiger partial charge in [-0.3, -0.25) is 4.21 Å². The van der Waals surface area contributed by atoms with E-state index in [1.165, 1.54) is 0 Å². The second kappa shape index (κ2) is 5.01. The van der Waals surface area contributed by atoms with Crippen LogP contribution in [-0.4, -0.2) is 20.4 Å². The van der Waals surface area contributed by atoms with E-state index >= 15 is 0 Å². The number of nitrogens with zero attached hydrogens (tertiary/aromatic N) is 2. The summed E-state index contributed by atoms with van der Waals surface area (Å²) in [6, 6.07) is 1.87. The van der Waals surface area contributed by atoms with Crippen molar-refractivity contribution < 1.29 is 4.21 Å². The van der Waals surface area contributed by atoms with Crippen molar-refractivity contribution in [2.75, 3.05) is 6.26 Å². The Labute approximate surface area is 105 Å². The topological polar surface area (TPSA) is 42.9 Å². The minimum atomic E-state index is -1.12. The van der Waals surface area contributed by atoms with Gasteiger partial charge in [-0.05, 0) is 12.5 Å². The van der Waals surface area contributed by atoms with Gasteiger partial charge in [-0.1, -0.05) is 34.2 Å². The van der Waals surface area contributed by atoms with Gasteiger partial charge in [-0.15, -0.1) is 0 Å². The predicted molar refractivity (Wildman–Crippen MR) is 67.9 cm³/mol. The third kappa shape index (κ3) is 2.65. The van der Waals surface area contributed by atoms with Crippen molar-refractivity contribution in [2.24, 2.45) is 0 Å². The van der Waals surface area contributed by atoms with Crippen molar-refractivity contribution in [1.82, 2.24) is 9.97 Å². The van der Waals surface area contributed by atoms with Gasteiger partial charge < -0.3 is 0 Å². The number of hydrogen-bond donors (Lipinski definition) is 0. The van der Waals surface area contributed by atoms with Crippen molar-refractivity contribution in [3.05, 3.63) is 40.7 Å². The standard InChI is InChI=1S/C11H11BrN2OS/c1-16(15)11-13-7-6-10(14-11)8-2-4-9(12)5-3-8/h2,4-8H,3H2,1H3. The van der Waals surface area contributed by atoms with Crippen LogP contribution in [0, 0.1) is 0 Å². The van der Waals surface area contributed by atoms with E-state index in [1.807, 2.05) is 12.1 Å². The van der Waals surface area contributed by atoms with Crippen LogP contribution in [0.5, 0.6) is 0 Å². The summed E-state index contributed by atoms with van der Waals surface area (Å²) in [6.45, 7) is 0. The van der Waals surface area contributed by atoms with E-state index in [1.54, 1.807) is 12.5 Å². The van der Waals surface area contributed by atoms with Crippen molar-refractivity contribution in [3.8, 4) is 0 Å². The number of halogens is 1. The first kappa shape index (κ1) is 11.7. The molecule has 84 valence electrons. The number of rotatable bonds is 2. The summed E-state index contributed by atoms with van der Waals surface area (Å²) in [5.41, 5.74) is 0.924. The van der Waals surface area contributed by atoms with E-state index in [4.69, 9.17) is 0 Å². The zero-order valence-electron chi connectivity index (χ0n) is 8.76. The average molecular weight is 299 g/mol. The van der Waals surface area contributed by atoms with Gasteiger partial charge in [0.1, 0.15) is 0 Å². The molecule has 0 saturated carbocycles. The summed E-state index contributed by atoms with van der Waals surface area (Å²) >= 11 is 3.42. The quantitative estimate of drug-likeness (QED) is 0.788. The molecule has 0 N–H and O–H groups in total. The Bertz CT molecular complexity index is 485. The molecule has 1 aromatic rings. The molecule has 1 heterocycles. The fraction of sp³-hybridized carbons (Fsp3) is 0.273. The largest absolute Gasteiger partial charge is 0.251 e. The summed E-state index contributed by atoms with van der Waals surface area (Å²) in [5.74, 6) is 0.256. The Morgan fingerprint density at radius 3 is 3.00 bits per heavy atom. The number of aromatic nitrogens is 2. The molecule has 16 heavy (non-hydrogen) atoms. The summed E-state index contributed by atoms with van der Waals surface area (Å²) in [5, 5.41) is 0.402. The first-order valence-electron chi connectivity index (χ1n) is 4.87. The second-order valence-corrected chi connectivity index (χ2v) is 5.70. The van der Waals surface area contributed by atoms with Gasteiger partial charge >= 0.3 is 0 Å². The van der Waals surface area contributed by atoms with Crippen molar-refractivity contribution in [3.63, 3.8) is 0 Å². The van der Waals surface area contributed by atoms with Crippen LogP contribution in [0.2, 0.25) is 0 Å². The fourth-order valence-corrected chi connectivity index (χ4v) is 2.30. The molecule has 0 spiro atoms. The molecule has 0 aromatic carbocycles. The van der Waals surface area contributed by atoms with Crippen LogP contribution in [0.15, 0.2) is 40.1 Å². The third-order valence-electron chi connectivity index (χ3n) is 2.35. The molecule has 2 atom stereocenters. The van der Waals surface area contributed by atoms with Crippen molar-refractivity contribution >= 4 is 26.7 Å². The van der Waals surface area contributed by atoms with Gasteiger partial charge in [0.15, 0.2) is 0 Å². The molecule has 0 aliphatic heterocycles. The van der Waals surface area contributed by atoms with Crippen LogP contribution < -0.4 is 0 Å². The lowest BCUT2D eigenvalue weighted by atomic mass is 9.97. The summed E-state index contributed by atoms with van der Waals surface area (Å²) in [6.07, 6.45) is 10.4. The van der Waals surface area contributed by atoms with E-state index in [0.29, 0.717) is 5.16 Å². The maximum atomic E-state index is 11.3. The Morgan fingerprint density at radius 2 is 2.38 bits per heavy atom. The van der Waals surface area contributed by atoms with Gasteiger partial charge in [0.2, 0.25) is 5.16 Å². The van der Waals surface area contributed by atoms with Gasteiger partial charge in [0.25, 0.3) is 0 Å². The van der Waals surface area contributed by atoms with Gasteiger partial charge in [0.05, 0.1) is 16.5 Å². The van der Waals surface area contributed by atoms with Crippen LogP contribution in [0.3, 0.4) is 0 Å². The zero-order chi connectivity index (χ0) is 11.5. The first-order chi connectivity index (χ1) is 7.66. The number of hydrogen-bond acceptors (Lipinski definition) is 3. The molecule has 0 saturated heterocycles. The van der Waals surface area contributed by atoms with Crippen molar-refractivity contribution in [1.29, 1.82) is 0 Å². The molecule has 1 aliphatic carbocycles. The Hall–Kier alpha value is -0.810. The molecular formula is C11H11BrN2OS. The molecule has 3 nitrogen and oxygen atoms in total. The van der Waals surface area contributed by atoms with Gasteiger partial charge in [-0.2, -0.15) is 0 Å². The Morgan fingerprint density at radius 1 is 1.56 bits per heavy atom. The van der Waals surface area contributed by atoms with Crippen LogP contribution >= 0.6 is 15.9 Å². The van der Waals surface area contributed by atoms with E-state index in [-0.39, 0.29) is 5.92 Å². The molecule has 5 heteroatoms. The van der Waals surface area contributed by atoms with Crippen LogP contribution in [0.25, 0.3) is 0 Å². The normalized spacial score (nSPS) is 21.6. The van der Waals surface area contributed by atoms with Crippen molar-refractivity contribution in [2.45, 2.75) is 17.5 Å². The molecule has 1 aliphatic rings. The second-order valence-electron chi connectivity index (χ2n) is 3.51. The lowest BCUT2D eigenvalue weighted by Gasteiger charge is -2.13. The maximum Gasteiger partial charge on any atom is 0.218 e. The number of allylic oxidation sites excluding steroid dienone is 4. The lowest BCUT2D eigenvalue weighted by Crippen LogP contribution is -2.05. The first-order valence-corrected chi connectivity index (χ1v) is 7.22. The molecule has 2 rings (SSSR count). The summed E-state index contributed by atoms with van der Waals surface area (Å²) < 4.78 is 12.4. The summed E-state index contributed by atoms with van der Waals surface area (Å²) in [4.78, 5) is 8.30. The van der Waals surface area contributed by atoms with E-state index in [0.717, 1.165) is 16.6 Å². The van der Waals surface area contributed by atoms with Gasteiger partial charge in [0, 0.05) is 22.9 Å². The summed E-state index contributed by atoms with van der Waals surface area (Å²) in [7, 11) is -1.12. The average Bonchev–Trinajstić information content (AvgIpc) is 2.30. The minimum Gasteiger partial charge on any atom is -0.251 e. The maximum absolute atomic E-state index is 11.3. The molecule has 0 radical (unpaired) electrons. The highest BCUT2D eigenvalue weighted by Crippen LogP contribution is 2.27.